The van der Waals surface area contributed by atoms with E-state index in [1.54, 1.807) is 6.07 Å². The molecule has 26 heavy (non-hydrogen) atoms. The Labute approximate surface area is 148 Å². The van der Waals surface area contributed by atoms with E-state index in [0.717, 1.165) is 11.1 Å². The molecule has 0 aliphatic carbocycles. The second-order valence-electron chi connectivity index (χ2n) is 6.34. The third-order valence-electron chi connectivity index (χ3n) is 4.57. The molecule has 132 valence electrons. The van der Waals surface area contributed by atoms with Gasteiger partial charge in [-0.2, -0.15) is 0 Å². The number of carboxylic acid groups (broad SMARTS) is 1. The van der Waals surface area contributed by atoms with Crippen LogP contribution < -0.4 is 10.2 Å². The van der Waals surface area contributed by atoms with Gasteiger partial charge in [0.05, 0.1) is 23.1 Å². The Morgan fingerprint density at radius 1 is 1.08 bits per heavy atom. The molecule has 0 saturated carbocycles. The lowest BCUT2D eigenvalue weighted by atomic mass is 10.0. The summed E-state index contributed by atoms with van der Waals surface area (Å²) >= 11 is 0. The SMILES string of the molecule is Cc1cc2oc(-c3cc(C(=O)O)cc4c3OCOC4)cc(=O)c2cc1C. The molecule has 0 radical (unpaired) electrons. The monoisotopic (exact) mass is 352 g/mol. The number of hydrogen-bond donors (Lipinski definition) is 1. The summed E-state index contributed by atoms with van der Waals surface area (Å²) in [7, 11) is 0. The molecule has 2 heterocycles. The highest BCUT2D eigenvalue weighted by Crippen LogP contribution is 2.37. The summed E-state index contributed by atoms with van der Waals surface area (Å²) in [6, 6.07) is 7.95. The molecule has 1 aromatic heterocycles. The van der Waals surface area contributed by atoms with Crippen molar-refractivity contribution in [3.8, 4) is 17.1 Å². The van der Waals surface area contributed by atoms with E-state index in [2.05, 4.69) is 0 Å². The fraction of sp³-hybridized carbons (Fsp3) is 0.200. The van der Waals surface area contributed by atoms with Crippen LogP contribution in [0.2, 0.25) is 0 Å². The van der Waals surface area contributed by atoms with E-state index in [-0.39, 0.29) is 30.2 Å². The van der Waals surface area contributed by atoms with Crippen molar-refractivity contribution in [3.63, 3.8) is 0 Å². The van der Waals surface area contributed by atoms with Crippen molar-refractivity contribution < 1.29 is 23.8 Å². The number of benzene rings is 2. The maximum Gasteiger partial charge on any atom is 0.335 e. The highest BCUT2D eigenvalue weighted by molar-refractivity contribution is 5.91. The van der Waals surface area contributed by atoms with Crippen molar-refractivity contribution >= 4 is 16.9 Å². The van der Waals surface area contributed by atoms with Crippen LogP contribution in [-0.4, -0.2) is 17.9 Å². The maximum atomic E-state index is 12.6. The highest BCUT2D eigenvalue weighted by atomic mass is 16.7. The standard InChI is InChI=1S/C20H16O6/c1-10-3-14-16(21)7-18(26-17(14)4-11(10)2)15-6-12(20(22)23)5-13-8-24-9-25-19(13)15/h3-7H,8-9H2,1-2H3,(H,22,23). The number of carboxylic acids is 1. The van der Waals surface area contributed by atoms with Crippen molar-refractivity contribution in [1.82, 2.24) is 0 Å². The third kappa shape index (κ3) is 2.64. The quantitative estimate of drug-likeness (QED) is 0.758. The molecule has 1 aliphatic heterocycles. The average Bonchev–Trinajstić information content (AvgIpc) is 2.62. The number of aromatic carboxylic acids is 1. The van der Waals surface area contributed by atoms with Gasteiger partial charge in [-0.15, -0.1) is 0 Å². The van der Waals surface area contributed by atoms with Crippen LogP contribution in [0, 0.1) is 13.8 Å². The minimum atomic E-state index is -1.07. The zero-order chi connectivity index (χ0) is 18.4. The van der Waals surface area contributed by atoms with Crippen LogP contribution in [0.5, 0.6) is 5.75 Å². The molecule has 6 heteroatoms. The van der Waals surface area contributed by atoms with Gasteiger partial charge in [0.25, 0.3) is 0 Å². The van der Waals surface area contributed by atoms with Gasteiger partial charge in [-0.25, -0.2) is 4.79 Å². The molecule has 6 nitrogen and oxygen atoms in total. The summed E-state index contributed by atoms with van der Waals surface area (Å²) in [6.45, 7) is 4.17. The number of fused-ring (bicyclic) bond motifs is 2. The minimum Gasteiger partial charge on any atom is -0.478 e. The summed E-state index contributed by atoms with van der Waals surface area (Å²) < 4.78 is 16.7. The number of rotatable bonds is 2. The van der Waals surface area contributed by atoms with Crippen molar-refractivity contribution in [2.24, 2.45) is 0 Å². The second kappa shape index (κ2) is 6.00. The van der Waals surface area contributed by atoms with Crippen LogP contribution in [0.25, 0.3) is 22.3 Å². The molecule has 0 spiro atoms. The topological polar surface area (TPSA) is 86.0 Å². The number of hydrogen-bond acceptors (Lipinski definition) is 5. The van der Waals surface area contributed by atoms with Gasteiger partial charge < -0.3 is 19.0 Å². The predicted octanol–water partition coefficient (Wildman–Crippen LogP) is 3.64. The lowest BCUT2D eigenvalue weighted by molar-refractivity contribution is -0.0160. The molecule has 0 atom stereocenters. The summed E-state index contributed by atoms with van der Waals surface area (Å²) in [5, 5.41) is 9.87. The predicted molar refractivity (Wildman–Crippen MR) is 94.6 cm³/mol. The first-order valence-electron chi connectivity index (χ1n) is 8.10. The van der Waals surface area contributed by atoms with Gasteiger partial charge in [0.2, 0.25) is 0 Å². The largest absolute Gasteiger partial charge is 0.478 e. The van der Waals surface area contributed by atoms with E-state index in [4.69, 9.17) is 13.9 Å². The van der Waals surface area contributed by atoms with E-state index in [1.165, 1.54) is 18.2 Å². The zero-order valence-corrected chi connectivity index (χ0v) is 14.3. The number of ether oxygens (including phenoxy) is 2. The van der Waals surface area contributed by atoms with Crippen molar-refractivity contribution in [1.29, 1.82) is 0 Å². The van der Waals surface area contributed by atoms with Crippen LogP contribution in [0.15, 0.2) is 39.5 Å². The molecule has 0 fully saturated rings. The molecule has 0 bridgehead atoms. The summed E-state index contributed by atoms with van der Waals surface area (Å²) in [6.07, 6.45) is 0. The van der Waals surface area contributed by atoms with Crippen molar-refractivity contribution in [3.05, 3.63) is 62.8 Å². The molecular formula is C20H16O6. The molecule has 1 aliphatic rings. The van der Waals surface area contributed by atoms with E-state index in [0.29, 0.717) is 27.8 Å². The van der Waals surface area contributed by atoms with Crippen LogP contribution in [0.4, 0.5) is 0 Å². The van der Waals surface area contributed by atoms with Crippen LogP contribution in [-0.2, 0) is 11.3 Å². The van der Waals surface area contributed by atoms with E-state index in [9.17, 15) is 14.7 Å². The first kappa shape index (κ1) is 16.4. The molecule has 1 N–H and O–H groups in total. The molecule has 2 aromatic carbocycles. The lowest BCUT2D eigenvalue weighted by Crippen LogP contribution is -2.14. The van der Waals surface area contributed by atoms with Crippen LogP contribution in [0.3, 0.4) is 0 Å². The fourth-order valence-corrected chi connectivity index (χ4v) is 3.07. The normalized spacial score (nSPS) is 13.3. The molecule has 3 aromatic rings. The molecule has 0 unspecified atom stereocenters. The van der Waals surface area contributed by atoms with Crippen LogP contribution in [0.1, 0.15) is 27.0 Å². The zero-order valence-electron chi connectivity index (χ0n) is 14.3. The van der Waals surface area contributed by atoms with Crippen LogP contribution >= 0.6 is 0 Å². The van der Waals surface area contributed by atoms with Gasteiger partial charge >= 0.3 is 5.97 Å². The molecular weight excluding hydrogens is 336 g/mol. The lowest BCUT2D eigenvalue weighted by Gasteiger charge is -2.21. The third-order valence-corrected chi connectivity index (χ3v) is 4.57. The van der Waals surface area contributed by atoms with Crippen molar-refractivity contribution in [2.75, 3.05) is 6.79 Å². The number of carbonyl (C=O) groups is 1. The maximum absolute atomic E-state index is 12.6. The molecule has 0 saturated heterocycles. The smallest absolute Gasteiger partial charge is 0.335 e. The Kier molecular flexibility index (Phi) is 3.77. The molecule has 4 rings (SSSR count). The van der Waals surface area contributed by atoms with E-state index < -0.39 is 5.97 Å². The Morgan fingerprint density at radius 2 is 1.85 bits per heavy atom. The van der Waals surface area contributed by atoms with Gasteiger partial charge in [0, 0.05) is 11.6 Å². The highest BCUT2D eigenvalue weighted by Gasteiger charge is 2.22. The Balaban J connectivity index is 2.00. The van der Waals surface area contributed by atoms with E-state index in [1.807, 2.05) is 19.9 Å². The van der Waals surface area contributed by atoms with Gasteiger partial charge in [-0.3, -0.25) is 4.79 Å². The van der Waals surface area contributed by atoms with Gasteiger partial charge in [0.1, 0.15) is 17.1 Å². The van der Waals surface area contributed by atoms with Gasteiger partial charge in [0.15, 0.2) is 12.2 Å². The average molecular weight is 352 g/mol. The first-order valence-corrected chi connectivity index (χ1v) is 8.10. The Bertz CT molecular complexity index is 1110. The summed E-state index contributed by atoms with van der Waals surface area (Å²) in [5.74, 6) is -0.325. The summed E-state index contributed by atoms with van der Waals surface area (Å²) in [5.41, 5.74) is 3.39. The van der Waals surface area contributed by atoms with Crippen molar-refractivity contribution in [2.45, 2.75) is 20.5 Å². The number of aryl methyl sites for hydroxylation is 2. The Morgan fingerprint density at radius 3 is 2.62 bits per heavy atom. The summed E-state index contributed by atoms with van der Waals surface area (Å²) in [4.78, 5) is 24.0. The molecule has 0 amide bonds. The second-order valence-corrected chi connectivity index (χ2v) is 6.34. The first-order chi connectivity index (χ1) is 12.4. The Hall–Kier alpha value is -3.12. The van der Waals surface area contributed by atoms with E-state index >= 15 is 0 Å². The fourth-order valence-electron chi connectivity index (χ4n) is 3.07. The van der Waals surface area contributed by atoms with Gasteiger partial charge in [-0.05, 0) is 49.2 Å². The van der Waals surface area contributed by atoms with Gasteiger partial charge in [-0.1, -0.05) is 0 Å². The minimum absolute atomic E-state index is 0.0581.